The molecule has 1 heterocycles. The van der Waals surface area contributed by atoms with Crippen LogP contribution in [0.1, 0.15) is 10.5 Å². The van der Waals surface area contributed by atoms with Gasteiger partial charge in [0.05, 0.1) is 7.11 Å². The minimum Gasteiger partial charge on any atom is -0.491 e. The summed E-state index contributed by atoms with van der Waals surface area (Å²) in [6.07, 6.45) is 0. The molecule has 0 saturated carbocycles. The first-order valence-corrected chi connectivity index (χ1v) is 6.03. The number of aromatic carboxylic acids is 1. The lowest BCUT2D eigenvalue weighted by Crippen LogP contribution is -2.09. The van der Waals surface area contributed by atoms with Gasteiger partial charge in [-0.25, -0.2) is 14.8 Å². The Morgan fingerprint density at radius 3 is 2.47 bits per heavy atom. The molecule has 1 aromatic heterocycles. The van der Waals surface area contributed by atoms with Crippen LogP contribution in [0.5, 0.6) is 5.75 Å². The normalized spacial score (nSPS) is 10.2. The van der Waals surface area contributed by atoms with E-state index in [-0.39, 0.29) is 23.1 Å². The number of aromatic nitrogens is 2. The van der Waals surface area contributed by atoms with Gasteiger partial charge in [-0.3, -0.25) is 0 Å². The van der Waals surface area contributed by atoms with E-state index in [0.717, 1.165) is 4.47 Å². The van der Waals surface area contributed by atoms with Crippen molar-refractivity contribution in [3.05, 3.63) is 34.4 Å². The summed E-state index contributed by atoms with van der Waals surface area (Å²) in [6.45, 7) is 0. The lowest BCUT2D eigenvalue weighted by atomic mass is 10.2. The van der Waals surface area contributed by atoms with Crippen molar-refractivity contribution in [3.8, 4) is 17.1 Å². The summed E-state index contributed by atoms with van der Waals surface area (Å²) in [4.78, 5) is 19.2. The average Bonchev–Trinajstić information content (AvgIpc) is 2.38. The monoisotopic (exact) mass is 323 g/mol. The van der Waals surface area contributed by atoms with Gasteiger partial charge in [-0.2, -0.15) is 0 Å². The number of hydrogen-bond acceptors (Lipinski definition) is 5. The van der Waals surface area contributed by atoms with Crippen molar-refractivity contribution < 1.29 is 14.6 Å². The molecular formula is C12H10BrN3O3. The van der Waals surface area contributed by atoms with E-state index in [1.807, 2.05) is 0 Å². The summed E-state index contributed by atoms with van der Waals surface area (Å²) >= 11 is 3.31. The van der Waals surface area contributed by atoms with E-state index >= 15 is 0 Å². The van der Waals surface area contributed by atoms with E-state index in [4.69, 9.17) is 15.6 Å². The zero-order valence-corrected chi connectivity index (χ0v) is 11.5. The van der Waals surface area contributed by atoms with Crippen LogP contribution in [-0.2, 0) is 0 Å². The van der Waals surface area contributed by atoms with Gasteiger partial charge in [-0.05, 0) is 12.1 Å². The summed E-state index contributed by atoms with van der Waals surface area (Å²) in [5.41, 5.74) is 6.10. The first-order valence-electron chi connectivity index (χ1n) is 5.23. The maximum absolute atomic E-state index is 11.1. The predicted molar refractivity (Wildman–Crippen MR) is 73.1 cm³/mol. The maximum Gasteiger partial charge on any atom is 0.358 e. The Morgan fingerprint density at radius 1 is 1.32 bits per heavy atom. The van der Waals surface area contributed by atoms with Crippen LogP contribution in [0.4, 0.5) is 5.82 Å². The number of carbonyl (C=O) groups is 1. The molecule has 2 aromatic rings. The van der Waals surface area contributed by atoms with Gasteiger partial charge in [-0.15, -0.1) is 0 Å². The number of methoxy groups -OCH3 is 1. The van der Waals surface area contributed by atoms with Crippen LogP contribution >= 0.6 is 15.9 Å². The summed E-state index contributed by atoms with van der Waals surface area (Å²) in [6, 6.07) is 7.13. The fourth-order valence-electron chi connectivity index (χ4n) is 1.54. The fourth-order valence-corrected chi connectivity index (χ4v) is 1.81. The molecule has 0 aliphatic carbocycles. The Kier molecular flexibility index (Phi) is 3.66. The summed E-state index contributed by atoms with van der Waals surface area (Å²) in [5.74, 6) is -1.02. The van der Waals surface area contributed by atoms with E-state index in [2.05, 4.69) is 25.9 Å². The standard InChI is InChI=1S/C12H10BrN3O3/c1-19-9-8(12(17)18)15-11(16-10(9)14)6-2-4-7(13)5-3-6/h2-5H,1H3,(H,17,18)(H2,14,15,16). The van der Waals surface area contributed by atoms with Crippen LogP contribution in [0.15, 0.2) is 28.7 Å². The first kappa shape index (κ1) is 13.3. The SMILES string of the molecule is COc1c(N)nc(-c2ccc(Br)cc2)nc1C(=O)O. The van der Waals surface area contributed by atoms with E-state index in [1.165, 1.54) is 7.11 Å². The topological polar surface area (TPSA) is 98.3 Å². The number of rotatable bonds is 3. The zero-order valence-electron chi connectivity index (χ0n) is 9.92. The molecule has 2 rings (SSSR count). The highest BCUT2D eigenvalue weighted by atomic mass is 79.9. The molecule has 0 fully saturated rings. The molecule has 0 aliphatic heterocycles. The quantitative estimate of drug-likeness (QED) is 0.898. The van der Waals surface area contributed by atoms with Gasteiger partial charge in [-0.1, -0.05) is 28.1 Å². The number of carboxylic acids is 1. The van der Waals surface area contributed by atoms with Crippen molar-refractivity contribution in [3.63, 3.8) is 0 Å². The molecule has 3 N–H and O–H groups in total. The van der Waals surface area contributed by atoms with E-state index in [0.29, 0.717) is 5.56 Å². The van der Waals surface area contributed by atoms with E-state index in [9.17, 15) is 4.79 Å². The van der Waals surface area contributed by atoms with Crippen LogP contribution in [0.3, 0.4) is 0 Å². The van der Waals surface area contributed by atoms with Crippen LogP contribution in [0, 0.1) is 0 Å². The smallest absolute Gasteiger partial charge is 0.358 e. The van der Waals surface area contributed by atoms with Gasteiger partial charge in [0.2, 0.25) is 0 Å². The molecule has 98 valence electrons. The lowest BCUT2D eigenvalue weighted by Gasteiger charge is -2.09. The summed E-state index contributed by atoms with van der Waals surface area (Å²) in [5, 5.41) is 9.10. The second-order valence-electron chi connectivity index (χ2n) is 3.63. The number of nitrogens with two attached hydrogens (primary N) is 1. The molecule has 6 nitrogen and oxygen atoms in total. The van der Waals surface area contributed by atoms with Crippen molar-refractivity contribution in [1.82, 2.24) is 9.97 Å². The molecule has 0 amide bonds. The van der Waals surface area contributed by atoms with Crippen molar-refractivity contribution in [1.29, 1.82) is 0 Å². The number of ether oxygens (including phenoxy) is 1. The highest BCUT2D eigenvalue weighted by Gasteiger charge is 2.19. The number of carboxylic acid groups (broad SMARTS) is 1. The van der Waals surface area contributed by atoms with Gasteiger partial charge >= 0.3 is 5.97 Å². The number of halogens is 1. The number of nitrogens with zero attached hydrogens (tertiary/aromatic N) is 2. The van der Waals surface area contributed by atoms with Crippen molar-refractivity contribution in [2.24, 2.45) is 0 Å². The van der Waals surface area contributed by atoms with Crippen LogP contribution < -0.4 is 10.5 Å². The zero-order chi connectivity index (χ0) is 14.0. The van der Waals surface area contributed by atoms with Crippen molar-refractivity contribution >= 4 is 27.7 Å². The minimum atomic E-state index is -1.22. The second-order valence-corrected chi connectivity index (χ2v) is 4.54. The Bertz CT molecular complexity index is 629. The lowest BCUT2D eigenvalue weighted by molar-refractivity contribution is 0.0686. The third-order valence-corrected chi connectivity index (χ3v) is 2.93. The molecule has 0 radical (unpaired) electrons. The predicted octanol–water partition coefficient (Wildman–Crippen LogP) is 2.20. The maximum atomic E-state index is 11.1. The second kappa shape index (κ2) is 5.23. The van der Waals surface area contributed by atoms with Gasteiger partial charge in [0.25, 0.3) is 0 Å². The molecule has 0 spiro atoms. The Labute approximate surface area is 117 Å². The van der Waals surface area contributed by atoms with Gasteiger partial charge in [0.1, 0.15) is 0 Å². The largest absolute Gasteiger partial charge is 0.491 e. The minimum absolute atomic E-state index is 0.00665. The van der Waals surface area contributed by atoms with Crippen LogP contribution in [0.2, 0.25) is 0 Å². The average molecular weight is 324 g/mol. The van der Waals surface area contributed by atoms with Crippen molar-refractivity contribution in [2.75, 3.05) is 12.8 Å². The fraction of sp³-hybridized carbons (Fsp3) is 0.0833. The number of anilines is 1. The molecule has 0 saturated heterocycles. The number of nitrogen functional groups attached to an aromatic ring is 1. The van der Waals surface area contributed by atoms with Gasteiger partial charge in [0, 0.05) is 10.0 Å². The third kappa shape index (κ3) is 2.65. The number of hydrogen-bond donors (Lipinski definition) is 2. The first-order chi connectivity index (χ1) is 9.02. The summed E-state index contributed by atoms with van der Waals surface area (Å²) < 4.78 is 5.81. The molecule has 0 aliphatic rings. The van der Waals surface area contributed by atoms with Crippen LogP contribution in [-0.4, -0.2) is 28.2 Å². The Morgan fingerprint density at radius 2 is 1.95 bits per heavy atom. The van der Waals surface area contributed by atoms with Crippen molar-refractivity contribution in [2.45, 2.75) is 0 Å². The van der Waals surface area contributed by atoms with Gasteiger partial charge < -0.3 is 15.6 Å². The van der Waals surface area contributed by atoms with Crippen LogP contribution in [0.25, 0.3) is 11.4 Å². The van der Waals surface area contributed by atoms with Gasteiger partial charge in [0.15, 0.2) is 23.1 Å². The molecule has 7 heteroatoms. The van der Waals surface area contributed by atoms with E-state index in [1.54, 1.807) is 24.3 Å². The molecule has 19 heavy (non-hydrogen) atoms. The summed E-state index contributed by atoms with van der Waals surface area (Å²) in [7, 11) is 1.32. The molecule has 1 aromatic carbocycles. The third-order valence-electron chi connectivity index (χ3n) is 2.40. The highest BCUT2D eigenvalue weighted by molar-refractivity contribution is 9.10. The molecule has 0 atom stereocenters. The Balaban J connectivity index is 2.59. The molecule has 0 unspecified atom stereocenters. The highest BCUT2D eigenvalue weighted by Crippen LogP contribution is 2.27. The number of benzene rings is 1. The molecular weight excluding hydrogens is 314 g/mol. The molecule has 0 bridgehead atoms. The van der Waals surface area contributed by atoms with E-state index < -0.39 is 5.97 Å². The Hall–Kier alpha value is -2.15.